The molecule has 0 aliphatic rings. The Hall–Kier alpha value is -2.40. The summed E-state index contributed by atoms with van der Waals surface area (Å²) in [7, 11) is 0. The van der Waals surface area contributed by atoms with Gasteiger partial charge in [-0.05, 0) is 36.6 Å². The van der Waals surface area contributed by atoms with Gasteiger partial charge in [0.25, 0.3) is 0 Å². The summed E-state index contributed by atoms with van der Waals surface area (Å²) in [5.41, 5.74) is 1.03. The van der Waals surface area contributed by atoms with E-state index in [4.69, 9.17) is 11.6 Å². The lowest BCUT2D eigenvalue weighted by Crippen LogP contribution is -2.48. The van der Waals surface area contributed by atoms with Crippen molar-refractivity contribution in [2.45, 2.75) is 39.3 Å². The molecular formula is C21H24ClFN2O2. The van der Waals surface area contributed by atoms with Crippen molar-refractivity contribution in [2.75, 3.05) is 6.54 Å². The number of rotatable bonds is 8. The molecule has 0 fully saturated rings. The fourth-order valence-corrected chi connectivity index (χ4v) is 2.89. The summed E-state index contributed by atoms with van der Waals surface area (Å²) in [5.74, 6) is -1.02. The molecule has 1 N–H and O–H groups in total. The maximum absolute atomic E-state index is 14.0. The van der Waals surface area contributed by atoms with Gasteiger partial charge in [0, 0.05) is 18.1 Å². The van der Waals surface area contributed by atoms with Crippen LogP contribution in [0.2, 0.25) is 5.02 Å². The molecule has 0 aromatic heterocycles. The third-order valence-electron chi connectivity index (χ3n) is 4.31. The molecule has 4 nitrogen and oxygen atoms in total. The second-order valence-corrected chi connectivity index (χ2v) is 6.76. The molecule has 6 heteroatoms. The SMILES string of the molecule is CCCNC(=O)[C@@H](C)N(Cc1ccccc1Cl)C(=O)Cc1ccccc1F. The predicted octanol–water partition coefficient (Wildman–Crippen LogP) is 3.97. The van der Waals surface area contributed by atoms with Crippen molar-refractivity contribution in [3.05, 3.63) is 70.5 Å². The van der Waals surface area contributed by atoms with E-state index < -0.39 is 11.9 Å². The van der Waals surface area contributed by atoms with E-state index >= 15 is 0 Å². The normalized spacial score (nSPS) is 11.7. The summed E-state index contributed by atoms with van der Waals surface area (Å²) in [5, 5.41) is 3.32. The highest BCUT2D eigenvalue weighted by Gasteiger charge is 2.27. The van der Waals surface area contributed by atoms with E-state index in [2.05, 4.69) is 5.32 Å². The van der Waals surface area contributed by atoms with Crippen molar-refractivity contribution in [3.63, 3.8) is 0 Å². The topological polar surface area (TPSA) is 49.4 Å². The zero-order chi connectivity index (χ0) is 19.8. The monoisotopic (exact) mass is 390 g/mol. The Morgan fingerprint density at radius 3 is 2.37 bits per heavy atom. The minimum absolute atomic E-state index is 0.122. The highest BCUT2D eigenvalue weighted by Crippen LogP contribution is 2.20. The summed E-state index contributed by atoms with van der Waals surface area (Å²) in [4.78, 5) is 26.8. The number of hydrogen-bond donors (Lipinski definition) is 1. The Bertz CT molecular complexity index is 797. The Kier molecular flexibility index (Phi) is 7.80. The molecule has 0 bridgehead atoms. The quantitative estimate of drug-likeness (QED) is 0.741. The molecule has 2 aromatic carbocycles. The lowest BCUT2D eigenvalue weighted by Gasteiger charge is -2.29. The first-order chi connectivity index (χ1) is 12.9. The minimum Gasteiger partial charge on any atom is -0.354 e. The van der Waals surface area contributed by atoms with Crippen LogP contribution in [-0.2, 0) is 22.6 Å². The Morgan fingerprint density at radius 1 is 1.11 bits per heavy atom. The summed E-state index contributed by atoms with van der Waals surface area (Å²) in [6, 6.07) is 12.6. The molecule has 2 rings (SSSR count). The lowest BCUT2D eigenvalue weighted by atomic mass is 10.1. The number of nitrogens with one attached hydrogen (secondary N) is 1. The van der Waals surface area contributed by atoms with Gasteiger partial charge >= 0.3 is 0 Å². The Balaban J connectivity index is 2.25. The van der Waals surface area contributed by atoms with Crippen molar-refractivity contribution < 1.29 is 14.0 Å². The number of benzene rings is 2. The highest BCUT2D eigenvalue weighted by molar-refractivity contribution is 6.31. The molecule has 1 atom stereocenters. The van der Waals surface area contributed by atoms with E-state index in [1.165, 1.54) is 11.0 Å². The molecule has 0 heterocycles. The third-order valence-corrected chi connectivity index (χ3v) is 4.68. The van der Waals surface area contributed by atoms with Crippen LogP contribution < -0.4 is 5.32 Å². The first-order valence-corrected chi connectivity index (χ1v) is 9.35. The molecule has 0 radical (unpaired) electrons. The van der Waals surface area contributed by atoms with Gasteiger partial charge in [0.1, 0.15) is 11.9 Å². The Morgan fingerprint density at radius 2 is 1.74 bits per heavy atom. The smallest absolute Gasteiger partial charge is 0.242 e. The van der Waals surface area contributed by atoms with Gasteiger partial charge in [-0.3, -0.25) is 9.59 Å². The van der Waals surface area contributed by atoms with Crippen LogP contribution >= 0.6 is 11.6 Å². The molecule has 0 unspecified atom stereocenters. The van der Waals surface area contributed by atoms with E-state index in [1.54, 1.807) is 37.3 Å². The van der Waals surface area contributed by atoms with Crippen LogP contribution in [-0.4, -0.2) is 29.3 Å². The molecule has 0 aliphatic carbocycles. The zero-order valence-corrected chi connectivity index (χ0v) is 16.3. The van der Waals surface area contributed by atoms with E-state index in [-0.39, 0.29) is 24.8 Å². The fourth-order valence-electron chi connectivity index (χ4n) is 2.69. The summed E-state index contributed by atoms with van der Waals surface area (Å²) < 4.78 is 14.0. The first-order valence-electron chi connectivity index (χ1n) is 8.98. The average molecular weight is 391 g/mol. The van der Waals surface area contributed by atoms with Crippen LogP contribution in [0, 0.1) is 5.82 Å². The maximum atomic E-state index is 14.0. The van der Waals surface area contributed by atoms with Crippen LogP contribution in [0.3, 0.4) is 0 Å². The Labute approximate surface area is 164 Å². The number of nitrogens with zero attached hydrogens (tertiary/aromatic N) is 1. The van der Waals surface area contributed by atoms with Gasteiger partial charge in [-0.2, -0.15) is 0 Å². The van der Waals surface area contributed by atoms with Crippen LogP contribution in [0.1, 0.15) is 31.4 Å². The van der Waals surface area contributed by atoms with Gasteiger partial charge in [-0.1, -0.05) is 54.9 Å². The number of halogens is 2. The molecule has 0 saturated carbocycles. The molecule has 0 spiro atoms. The van der Waals surface area contributed by atoms with Gasteiger partial charge in [-0.15, -0.1) is 0 Å². The number of hydrogen-bond acceptors (Lipinski definition) is 2. The van der Waals surface area contributed by atoms with Gasteiger partial charge in [0.2, 0.25) is 11.8 Å². The van der Waals surface area contributed by atoms with E-state index in [9.17, 15) is 14.0 Å². The van der Waals surface area contributed by atoms with E-state index in [0.717, 1.165) is 12.0 Å². The first kappa shape index (κ1) is 20.9. The molecule has 2 aromatic rings. The second-order valence-electron chi connectivity index (χ2n) is 6.35. The summed E-state index contributed by atoms with van der Waals surface area (Å²) in [6.45, 7) is 4.33. The van der Waals surface area contributed by atoms with Crippen LogP contribution in [0.25, 0.3) is 0 Å². The number of carbonyl (C=O) groups excluding carboxylic acids is 2. The van der Waals surface area contributed by atoms with Gasteiger partial charge in [0.05, 0.1) is 6.42 Å². The lowest BCUT2D eigenvalue weighted by molar-refractivity contribution is -0.140. The number of amides is 2. The van der Waals surface area contributed by atoms with Gasteiger partial charge in [0.15, 0.2) is 0 Å². The molecule has 2 amide bonds. The summed E-state index contributed by atoms with van der Waals surface area (Å²) >= 11 is 6.23. The molecule has 27 heavy (non-hydrogen) atoms. The van der Waals surface area contributed by atoms with E-state index in [0.29, 0.717) is 17.1 Å². The fraction of sp³-hybridized carbons (Fsp3) is 0.333. The van der Waals surface area contributed by atoms with Crippen LogP contribution in [0.5, 0.6) is 0 Å². The maximum Gasteiger partial charge on any atom is 0.242 e. The minimum atomic E-state index is -0.702. The number of carbonyl (C=O) groups is 2. The summed E-state index contributed by atoms with van der Waals surface area (Å²) in [6.07, 6.45) is 0.675. The van der Waals surface area contributed by atoms with Crippen molar-refractivity contribution in [1.82, 2.24) is 10.2 Å². The van der Waals surface area contributed by atoms with Crippen molar-refractivity contribution in [2.24, 2.45) is 0 Å². The highest BCUT2D eigenvalue weighted by atomic mass is 35.5. The van der Waals surface area contributed by atoms with Crippen molar-refractivity contribution >= 4 is 23.4 Å². The average Bonchev–Trinajstić information content (AvgIpc) is 2.66. The third kappa shape index (κ3) is 5.79. The van der Waals surface area contributed by atoms with Gasteiger partial charge in [-0.25, -0.2) is 4.39 Å². The molecule has 144 valence electrons. The second kappa shape index (κ2) is 10.1. The molecular weight excluding hydrogens is 367 g/mol. The standard InChI is InChI=1S/C21H24ClFN2O2/c1-3-12-24-21(27)15(2)25(14-17-9-4-6-10-18(17)22)20(26)13-16-8-5-7-11-19(16)23/h4-11,15H,3,12-14H2,1-2H3,(H,24,27)/t15-/m1/s1. The van der Waals surface area contributed by atoms with Crippen molar-refractivity contribution in [3.8, 4) is 0 Å². The zero-order valence-electron chi connectivity index (χ0n) is 15.5. The van der Waals surface area contributed by atoms with Gasteiger partial charge < -0.3 is 10.2 Å². The molecule has 0 aliphatic heterocycles. The van der Waals surface area contributed by atoms with E-state index in [1.807, 2.05) is 19.1 Å². The molecule has 0 saturated heterocycles. The van der Waals surface area contributed by atoms with Crippen LogP contribution in [0.15, 0.2) is 48.5 Å². The van der Waals surface area contributed by atoms with Crippen molar-refractivity contribution in [1.29, 1.82) is 0 Å². The predicted molar refractivity (Wildman–Crippen MR) is 105 cm³/mol. The van der Waals surface area contributed by atoms with Crippen LogP contribution in [0.4, 0.5) is 4.39 Å². The largest absolute Gasteiger partial charge is 0.354 e.